The van der Waals surface area contributed by atoms with Crippen LogP contribution in [0.2, 0.25) is 0 Å². The molecule has 0 radical (unpaired) electrons. The van der Waals surface area contributed by atoms with Crippen molar-refractivity contribution >= 4 is 41.4 Å². The van der Waals surface area contributed by atoms with Gasteiger partial charge in [-0.05, 0) is 54.5 Å². The standard InChI is InChI=1S/C25H29N7O4S/c1-34-20-16-18(7-8-19(20)36-22(33)21-6-5-15-37-21)17-26-30-23-27-24(31-9-3-2-4-10-31)29-25(28-23)32-11-13-35-14-12-32/h5-8,15-17H,2-4,9-14H2,1H3,(H,27,28,29,30)/b26-17-. The van der Waals surface area contributed by atoms with E-state index in [1.54, 1.807) is 36.5 Å². The molecule has 0 aliphatic carbocycles. The van der Waals surface area contributed by atoms with Gasteiger partial charge in [0, 0.05) is 26.2 Å². The third kappa shape index (κ3) is 6.33. The summed E-state index contributed by atoms with van der Waals surface area (Å²) in [5.41, 5.74) is 3.70. The quantitative estimate of drug-likeness (QED) is 0.204. The molecule has 2 aliphatic heterocycles. The van der Waals surface area contributed by atoms with Gasteiger partial charge < -0.3 is 24.0 Å². The number of nitrogens with zero attached hydrogens (tertiary/aromatic N) is 6. The maximum Gasteiger partial charge on any atom is 0.353 e. The van der Waals surface area contributed by atoms with Crippen LogP contribution in [0.1, 0.15) is 34.5 Å². The van der Waals surface area contributed by atoms with Gasteiger partial charge in [0.1, 0.15) is 4.88 Å². The first-order valence-electron chi connectivity index (χ1n) is 12.3. The highest BCUT2D eigenvalue weighted by Gasteiger charge is 2.20. The third-order valence-electron chi connectivity index (χ3n) is 6.04. The molecule has 1 N–H and O–H groups in total. The van der Waals surface area contributed by atoms with Crippen LogP contribution in [0.25, 0.3) is 0 Å². The van der Waals surface area contributed by atoms with Crippen molar-refractivity contribution in [2.45, 2.75) is 19.3 Å². The number of hydrogen-bond acceptors (Lipinski definition) is 12. The second-order valence-corrected chi connectivity index (χ2v) is 9.50. The summed E-state index contributed by atoms with van der Waals surface area (Å²) in [6.07, 6.45) is 5.11. The predicted molar refractivity (Wildman–Crippen MR) is 142 cm³/mol. The Kier molecular flexibility index (Phi) is 8.06. The van der Waals surface area contributed by atoms with E-state index in [9.17, 15) is 4.79 Å². The first-order valence-corrected chi connectivity index (χ1v) is 13.1. The number of thiophene rings is 1. The van der Waals surface area contributed by atoms with Crippen molar-refractivity contribution in [3.05, 3.63) is 46.2 Å². The summed E-state index contributed by atoms with van der Waals surface area (Å²) in [4.78, 5) is 31.1. The van der Waals surface area contributed by atoms with Crippen molar-refractivity contribution in [3.8, 4) is 11.5 Å². The van der Waals surface area contributed by atoms with Gasteiger partial charge in [0.2, 0.25) is 17.8 Å². The zero-order valence-corrected chi connectivity index (χ0v) is 21.4. The topological polar surface area (TPSA) is 114 Å². The van der Waals surface area contributed by atoms with Gasteiger partial charge in [-0.1, -0.05) is 6.07 Å². The highest BCUT2D eigenvalue weighted by atomic mass is 32.1. The Balaban J connectivity index is 1.31. The fourth-order valence-corrected chi connectivity index (χ4v) is 4.70. The molecule has 3 aromatic rings. The molecule has 0 saturated carbocycles. The van der Waals surface area contributed by atoms with E-state index in [1.807, 2.05) is 5.38 Å². The number of nitrogens with one attached hydrogen (secondary N) is 1. The molecule has 0 spiro atoms. The number of hydrogen-bond donors (Lipinski definition) is 1. The maximum absolute atomic E-state index is 12.3. The number of carbonyl (C=O) groups is 1. The van der Waals surface area contributed by atoms with Crippen LogP contribution < -0.4 is 24.7 Å². The molecule has 11 nitrogen and oxygen atoms in total. The molecule has 2 aliphatic rings. The van der Waals surface area contributed by atoms with Crippen molar-refractivity contribution in [2.24, 2.45) is 5.10 Å². The van der Waals surface area contributed by atoms with Crippen molar-refractivity contribution < 1.29 is 19.0 Å². The van der Waals surface area contributed by atoms with E-state index in [-0.39, 0.29) is 0 Å². The minimum atomic E-state index is -0.424. The highest BCUT2D eigenvalue weighted by molar-refractivity contribution is 7.12. The lowest BCUT2D eigenvalue weighted by Crippen LogP contribution is -2.38. The number of benzene rings is 1. The van der Waals surface area contributed by atoms with E-state index in [2.05, 4.69) is 30.3 Å². The lowest BCUT2D eigenvalue weighted by molar-refractivity contribution is 0.0735. The van der Waals surface area contributed by atoms with Gasteiger partial charge in [0.05, 0.1) is 26.5 Å². The van der Waals surface area contributed by atoms with Gasteiger partial charge in [0.15, 0.2) is 11.5 Å². The number of aromatic nitrogens is 3. The van der Waals surface area contributed by atoms with Gasteiger partial charge in [-0.25, -0.2) is 10.2 Å². The van der Waals surface area contributed by atoms with Gasteiger partial charge >= 0.3 is 5.97 Å². The molecule has 194 valence electrons. The Bertz CT molecular complexity index is 1190. The zero-order valence-electron chi connectivity index (χ0n) is 20.6. The number of rotatable bonds is 8. The van der Waals surface area contributed by atoms with Crippen LogP contribution in [0.5, 0.6) is 11.5 Å². The van der Waals surface area contributed by atoms with Crippen LogP contribution in [-0.4, -0.2) is 73.6 Å². The number of hydrazone groups is 1. The van der Waals surface area contributed by atoms with Crippen LogP contribution in [0.4, 0.5) is 17.8 Å². The van der Waals surface area contributed by atoms with Crippen LogP contribution in [0, 0.1) is 0 Å². The Hall–Kier alpha value is -3.77. The fourth-order valence-electron chi connectivity index (χ4n) is 4.10. The van der Waals surface area contributed by atoms with Gasteiger partial charge in [-0.3, -0.25) is 0 Å². The SMILES string of the molecule is COc1cc(/C=N\Nc2nc(N3CCCCC3)nc(N3CCOCC3)n2)ccc1OC(=O)c1cccs1. The third-order valence-corrected chi connectivity index (χ3v) is 6.89. The van der Waals surface area contributed by atoms with E-state index in [1.165, 1.54) is 24.9 Å². The number of methoxy groups -OCH3 is 1. The molecule has 0 bridgehead atoms. The summed E-state index contributed by atoms with van der Waals surface area (Å²) in [6, 6.07) is 8.73. The second kappa shape index (κ2) is 12.0. The predicted octanol–water partition coefficient (Wildman–Crippen LogP) is 3.43. The normalized spacial score (nSPS) is 16.1. The van der Waals surface area contributed by atoms with Crippen LogP contribution in [0.15, 0.2) is 40.8 Å². The summed E-state index contributed by atoms with van der Waals surface area (Å²) in [7, 11) is 1.52. The summed E-state index contributed by atoms with van der Waals surface area (Å²) >= 11 is 1.32. The smallest absolute Gasteiger partial charge is 0.353 e. The Labute approximate surface area is 219 Å². The Morgan fingerprint density at radius 1 is 1.03 bits per heavy atom. The Morgan fingerprint density at radius 2 is 1.78 bits per heavy atom. The Morgan fingerprint density at radius 3 is 2.49 bits per heavy atom. The molecule has 37 heavy (non-hydrogen) atoms. The van der Waals surface area contributed by atoms with Gasteiger partial charge in [-0.2, -0.15) is 20.1 Å². The molecule has 0 amide bonds. The number of piperidine rings is 1. The lowest BCUT2D eigenvalue weighted by atomic mass is 10.1. The first kappa shape index (κ1) is 24.9. The summed E-state index contributed by atoms with van der Waals surface area (Å²) in [5.74, 6) is 2.00. The molecular weight excluding hydrogens is 494 g/mol. The monoisotopic (exact) mass is 523 g/mol. The van der Waals surface area contributed by atoms with Gasteiger partial charge in [0.25, 0.3) is 0 Å². The number of anilines is 3. The minimum Gasteiger partial charge on any atom is -0.493 e. The van der Waals surface area contributed by atoms with Crippen molar-refractivity contribution in [1.29, 1.82) is 0 Å². The lowest BCUT2D eigenvalue weighted by Gasteiger charge is -2.30. The molecule has 2 fully saturated rings. The molecule has 4 heterocycles. The molecule has 2 saturated heterocycles. The first-order chi connectivity index (χ1) is 18.2. The van der Waals surface area contributed by atoms with Crippen molar-refractivity contribution in [1.82, 2.24) is 15.0 Å². The maximum atomic E-state index is 12.3. The molecular formula is C25H29N7O4S. The minimum absolute atomic E-state index is 0.338. The van der Waals surface area contributed by atoms with Crippen LogP contribution in [-0.2, 0) is 4.74 Å². The number of ether oxygens (including phenoxy) is 3. The molecule has 1 aromatic carbocycles. The summed E-state index contributed by atoms with van der Waals surface area (Å²) < 4.78 is 16.4. The van der Waals surface area contributed by atoms with E-state index >= 15 is 0 Å². The van der Waals surface area contributed by atoms with E-state index in [4.69, 9.17) is 19.2 Å². The van der Waals surface area contributed by atoms with Crippen molar-refractivity contribution in [2.75, 3.05) is 61.7 Å². The van der Waals surface area contributed by atoms with Crippen molar-refractivity contribution in [3.63, 3.8) is 0 Å². The average Bonchev–Trinajstić information content (AvgIpc) is 3.50. The number of morpholine rings is 1. The zero-order chi connectivity index (χ0) is 25.5. The average molecular weight is 524 g/mol. The van der Waals surface area contributed by atoms with Gasteiger partial charge in [-0.15, -0.1) is 11.3 Å². The molecule has 12 heteroatoms. The largest absolute Gasteiger partial charge is 0.493 e. The number of carbonyl (C=O) groups excluding carboxylic acids is 1. The molecule has 5 rings (SSSR count). The van der Waals surface area contributed by atoms with E-state index in [0.29, 0.717) is 47.4 Å². The molecule has 2 aromatic heterocycles. The second-order valence-electron chi connectivity index (χ2n) is 8.55. The summed E-state index contributed by atoms with van der Waals surface area (Å²) in [6.45, 7) is 4.61. The molecule has 0 unspecified atom stereocenters. The number of esters is 1. The van der Waals surface area contributed by atoms with E-state index < -0.39 is 5.97 Å². The van der Waals surface area contributed by atoms with E-state index in [0.717, 1.165) is 44.6 Å². The molecule has 0 atom stereocenters. The van der Waals surface area contributed by atoms with Crippen LogP contribution >= 0.6 is 11.3 Å². The van der Waals surface area contributed by atoms with Crippen LogP contribution in [0.3, 0.4) is 0 Å². The fraction of sp³-hybridized carbons (Fsp3) is 0.400. The highest BCUT2D eigenvalue weighted by Crippen LogP contribution is 2.29. The summed E-state index contributed by atoms with van der Waals surface area (Å²) in [5, 5.41) is 6.17.